The molecule has 3 N–H and O–H groups in total. The lowest BCUT2D eigenvalue weighted by molar-refractivity contribution is 0.316. The van der Waals surface area contributed by atoms with Crippen LogP contribution in [-0.2, 0) is 0 Å². The molecule has 0 heterocycles. The lowest BCUT2D eigenvalue weighted by atomic mass is 10.1. The SMILES string of the molecule is N/C(CCN(c1ccccc1)C1CCCCCC1)=N/O. The van der Waals surface area contributed by atoms with E-state index in [-0.39, 0.29) is 0 Å². The third kappa shape index (κ3) is 4.15. The number of benzene rings is 1. The minimum Gasteiger partial charge on any atom is -0.409 e. The molecule has 1 aliphatic carbocycles. The molecule has 0 atom stereocenters. The normalized spacial score (nSPS) is 17.7. The van der Waals surface area contributed by atoms with Gasteiger partial charge in [0, 0.05) is 24.7 Å². The number of hydrogen-bond acceptors (Lipinski definition) is 3. The Bertz CT molecular complexity index is 411. The Balaban J connectivity index is 2.10. The molecule has 0 bridgehead atoms. The average Bonchev–Trinajstić information content (AvgIpc) is 2.77. The van der Waals surface area contributed by atoms with Crippen molar-refractivity contribution in [1.29, 1.82) is 0 Å². The molecule has 4 nitrogen and oxygen atoms in total. The van der Waals surface area contributed by atoms with Gasteiger partial charge in [-0.15, -0.1) is 0 Å². The van der Waals surface area contributed by atoms with Crippen molar-refractivity contribution < 1.29 is 5.21 Å². The topological polar surface area (TPSA) is 61.8 Å². The first-order valence-corrected chi connectivity index (χ1v) is 7.59. The Morgan fingerprint density at radius 3 is 2.40 bits per heavy atom. The van der Waals surface area contributed by atoms with E-state index >= 15 is 0 Å². The molecular weight excluding hydrogens is 250 g/mol. The van der Waals surface area contributed by atoms with Gasteiger partial charge in [-0.2, -0.15) is 0 Å². The Morgan fingerprint density at radius 2 is 1.80 bits per heavy atom. The van der Waals surface area contributed by atoms with Crippen LogP contribution in [0.5, 0.6) is 0 Å². The highest BCUT2D eigenvalue weighted by atomic mass is 16.4. The van der Waals surface area contributed by atoms with Gasteiger partial charge < -0.3 is 15.8 Å². The van der Waals surface area contributed by atoms with Crippen molar-refractivity contribution in [3.63, 3.8) is 0 Å². The van der Waals surface area contributed by atoms with Crippen LogP contribution in [0.25, 0.3) is 0 Å². The van der Waals surface area contributed by atoms with Crippen LogP contribution in [0.2, 0.25) is 0 Å². The summed E-state index contributed by atoms with van der Waals surface area (Å²) in [5.74, 6) is 0.305. The summed E-state index contributed by atoms with van der Waals surface area (Å²) in [5.41, 5.74) is 6.87. The first kappa shape index (κ1) is 14.7. The molecule has 0 unspecified atom stereocenters. The first-order valence-electron chi connectivity index (χ1n) is 7.59. The highest BCUT2D eigenvalue weighted by Gasteiger charge is 2.20. The van der Waals surface area contributed by atoms with Gasteiger partial charge in [-0.05, 0) is 25.0 Å². The van der Waals surface area contributed by atoms with Gasteiger partial charge in [-0.25, -0.2) is 0 Å². The van der Waals surface area contributed by atoms with Crippen LogP contribution in [0.1, 0.15) is 44.9 Å². The number of oxime groups is 1. The Labute approximate surface area is 121 Å². The van der Waals surface area contributed by atoms with Gasteiger partial charge in [-0.3, -0.25) is 0 Å². The van der Waals surface area contributed by atoms with Crippen molar-refractivity contribution in [2.75, 3.05) is 11.4 Å². The van der Waals surface area contributed by atoms with E-state index in [4.69, 9.17) is 10.9 Å². The Kier molecular flexibility index (Phi) is 5.71. The fourth-order valence-electron chi connectivity index (χ4n) is 3.00. The van der Waals surface area contributed by atoms with E-state index in [2.05, 4.69) is 34.3 Å². The van der Waals surface area contributed by atoms with Crippen LogP contribution in [0, 0.1) is 0 Å². The lowest BCUT2D eigenvalue weighted by Gasteiger charge is -2.33. The number of hydrogen-bond donors (Lipinski definition) is 2. The summed E-state index contributed by atoms with van der Waals surface area (Å²) in [6.07, 6.45) is 8.38. The fraction of sp³-hybridized carbons (Fsp3) is 0.562. The molecule has 1 aromatic rings. The number of amidine groups is 1. The molecule has 4 heteroatoms. The number of para-hydroxylation sites is 1. The second-order valence-corrected chi connectivity index (χ2v) is 5.52. The largest absolute Gasteiger partial charge is 0.409 e. The summed E-state index contributed by atoms with van der Waals surface area (Å²) < 4.78 is 0. The van der Waals surface area contributed by atoms with Crippen LogP contribution in [0.3, 0.4) is 0 Å². The van der Waals surface area contributed by atoms with Gasteiger partial charge in [0.2, 0.25) is 0 Å². The maximum absolute atomic E-state index is 8.72. The minimum atomic E-state index is 0.305. The van der Waals surface area contributed by atoms with E-state index in [1.807, 2.05) is 6.07 Å². The summed E-state index contributed by atoms with van der Waals surface area (Å²) in [6.45, 7) is 0.810. The zero-order valence-electron chi connectivity index (χ0n) is 12.0. The third-order valence-corrected chi connectivity index (χ3v) is 4.09. The molecule has 1 aromatic carbocycles. The van der Waals surface area contributed by atoms with Gasteiger partial charge >= 0.3 is 0 Å². The van der Waals surface area contributed by atoms with Crippen molar-refractivity contribution in [1.82, 2.24) is 0 Å². The zero-order valence-corrected chi connectivity index (χ0v) is 12.0. The van der Waals surface area contributed by atoms with E-state index < -0.39 is 0 Å². The monoisotopic (exact) mass is 275 g/mol. The van der Waals surface area contributed by atoms with Crippen molar-refractivity contribution >= 4 is 11.5 Å². The van der Waals surface area contributed by atoms with Gasteiger partial charge in [-0.1, -0.05) is 49.0 Å². The molecule has 1 saturated carbocycles. The van der Waals surface area contributed by atoms with Crippen LogP contribution >= 0.6 is 0 Å². The van der Waals surface area contributed by atoms with E-state index in [1.165, 1.54) is 44.2 Å². The quantitative estimate of drug-likeness (QED) is 0.285. The maximum atomic E-state index is 8.72. The van der Waals surface area contributed by atoms with Crippen LogP contribution in [0.15, 0.2) is 35.5 Å². The summed E-state index contributed by atoms with van der Waals surface area (Å²) in [4.78, 5) is 2.43. The predicted octanol–water partition coefficient (Wildman–Crippen LogP) is 3.35. The molecule has 20 heavy (non-hydrogen) atoms. The molecule has 0 saturated heterocycles. The molecule has 1 aliphatic rings. The fourth-order valence-corrected chi connectivity index (χ4v) is 3.00. The molecule has 0 amide bonds. The third-order valence-electron chi connectivity index (χ3n) is 4.09. The average molecular weight is 275 g/mol. The van der Waals surface area contributed by atoms with Gasteiger partial charge in [0.05, 0.1) is 0 Å². The summed E-state index contributed by atoms with van der Waals surface area (Å²) in [5, 5.41) is 11.8. The second kappa shape index (κ2) is 7.78. The molecule has 0 aliphatic heterocycles. The number of nitrogens with zero attached hydrogens (tertiary/aromatic N) is 2. The van der Waals surface area contributed by atoms with Gasteiger partial charge in [0.1, 0.15) is 5.84 Å². The Morgan fingerprint density at radius 1 is 1.15 bits per heavy atom. The van der Waals surface area contributed by atoms with Crippen molar-refractivity contribution in [3.8, 4) is 0 Å². The highest BCUT2D eigenvalue weighted by molar-refractivity contribution is 5.80. The zero-order chi connectivity index (χ0) is 14.2. The van der Waals surface area contributed by atoms with Crippen molar-refractivity contribution in [2.24, 2.45) is 10.9 Å². The first-order chi connectivity index (χ1) is 9.81. The number of anilines is 1. The number of rotatable bonds is 5. The van der Waals surface area contributed by atoms with E-state index in [1.54, 1.807) is 0 Å². The molecule has 0 radical (unpaired) electrons. The molecule has 1 fully saturated rings. The molecule has 2 rings (SSSR count). The van der Waals surface area contributed by atoms with E-state index in [0.29, 0.717) is 18.3 Å². The minimum absolute atomic E-state index is 0.305. The summed E-state index contributed by atoms with van der Waals surface area (Å²) in [7, 11) is 0. The highest BCUT2D eigenvalue weighted by Crippen LogP contribution is 2.26. The van der Waals surface area contributed by atoms with Crippen LogP contribution in [0.4, 0.5) is 5.69 Å². The molecule has 110 valence electrons. The smallest absolute Gasteiger partial charge is 0.140 e. The maximum Gasteiger partial charge on any atom is 0.140 e. The Hall–Kier alpha value is -1.71. The predicted molar refractivity (Wildman–Crippen MR) is 83.3 cm³/mol. The van der Waals surface area contributed by atoms with E-state index in [9.17, 15) is 0 Å². The van der Waals surface area contributed by atoms with Crippen molar-refractivity contribution in [3.05, 3.63) is 30.3 Å². The van der Waals surface area contributed by atoms with E-state index in [0.717, 1.165) is 6.54 Å². The standard InChI is InChI=1S/C16H25N3O/c17-16(18-20)12-13-19(15-10-6-3-7-11-15)14-8-4-1-2-5-9-14/h3,6-7,10-11,14,20H,1-2,4-5,8-9,12-13H2,(H2,17,18). The van der Waals surface area contributed by atoms with Crippen LogP contribution in [-0.4, -0.2) is 23.6 Å². The molecular formula is C16H25N3O. The molecule has 0 spiro atoms. The summed E-state index contributed by atoms with van der Waals surface area (Å²) >= 11 is 0. The number of nitrogens with two attached hydrogens (primary N) is 1. The molecule has 0 aromatic heterocycles. The van der Waals surface area contributed by atoms with Crippen LogP contribution < -0.4 is 10.6 Å². The van der Waals surface area contributed by atoms with Crippen molar-refractivity contribution in [2.45, 2.75) is 51.0 Å². The summed E-state index contributed by atoms with van der Waals surface area (Å²) in [6, 6.07) is 11.1. The van der Waals surface area contributed by atoms with Gasteiger partial charge in [0.15, 0.2) is 0 Å². The van der Waals surface area contributed by atoms with Gasteiger partial charge in [0.25, 0.3) is 0 Å². The second-order valence-electron chi connectivity index (χ2n) is 5.52. The lowest BCUT2D eigenvalue weighted by Crippen LogP contribution is -2.37.